The van der Waals surface area contributed by atoms with Gasteiger partial charge in [-0.25, -0.2) is 4.39 Å². The van der Waals surface area contributed by atoms with Crippen molar-refractivity contribution in [2.75, 3.05) is 31.1 Å². The Morgan fingerprint density at radius 3 is 2.38 bits per heavy atom. The molecule has 1 aliphatic heterocycles. The third kappa shape index (κ3) is 6.19. The van der Waals surface area contributed by atoms with Crippen LogP contribution in [0.15, 0.2) is 54.6 Å². The second kappa shape index (κ2) is 12.1. The van der Waals surface area contributed by atoms with E-state index in [-0.39, 0.29) is 36.7 Å². The number of nitrogens with zero attached hydrogens (tertiary/aromatic N) is 2. The molecule has 0 aromatic heterocycles. The quantitative estimate of drug-likeness (QED) is 0.327. The van der Waals surface area contributed by atoms with Gasteiger partial charge in [-0.1, -0.05) is 36.8 Å². The van der Waals surface area contributed by atoms with Crippen molar-refractivity contribution in [2.24, 2.45) is 0 Å². The molecule has 0 unspecified atom stereocenters. The van der Waals surface area contributed by atoms with Crippen LogP contribution < -0.4 is 15.8 Å². The van der Waals surface area contributed by atoms with Crippen molar-refractivity contribution in [1.82, 2.24) is 11.1 Å². The van der Waals surface area contributed by atoms with Crippen LogP contribution in [-0.2, 0) is 6.18 Å². The Balaban J connectivity index is 0.00000420. The van der Waals surface area contributed by atoms with Crippen molar-refractivity contribution in [3.63, 3.8) is 0 Å². The van der Waals surface area contributed by atoms with Gasteiger partial charge in [0.25, 0.3) is 5.91 Å². The Hall–Kier alpha value is -3.59. The summed E-state index contributed by atoms with van der Waals surface area (Å²) >= 11 is 0. The minimum atomic E-state index is -4.63. The summed E-state index contributed by atoms with van der Waals surface area (Å²) in [5, 5.41) is 0. The first kappa shape index (κ1) is 30.0. The molecule has 3 aromatic rings. The molecular formula is C30H35F4N3O2. The van der Waals surface area contributed by atoms with Crippen LogP contribution in [0.2, 0.25) is 0 Å². The SMILES string of the molecule is CCOc1ccccc1-c1cc(C)c(N2CCN(C(=O)c3ccc(C)cc3C(F)(F)F)C[C@H]2CC)c(F)c1.N. The minimum Gasteiger partial charge on any atom is -0.493 e. The number of alkyl halides is 3. The summed E-state index contributed by atoms with van der Waals surface area (Å²) in [6.07, 6.45) is -4.04. The van der Waals surface area contributed by atoms with Crippen molar-refractivity contribution >= 4 is 11.6 Å². The smallest absolute Gasteiger partial charge is 0.417 e. The van der Waals surface area contributed by atoms with Gasteiger partial charge in [-0.15, -0.1) is 0 Å². The molecule has 1 saturated heterocycles. The first-order chi connectivity index (χ1) is 18.0. The number of halogens is 4. The van der Waals surface area contributed by atoms with Gasteiger partial charge in [0.2, 0.25) is 0 Å². The van der Waals surface area contributed by atoms with Gasteiger partial charge < -0.3 is 20.7 Å². The predicted molar refractivity (Wildman–Crippen MR) is 146 cm³/mol. The number of carbonyl (C=O) groups is 1. The summed E-state index contributed by atoms with van der Waals surface area (Å²) in [4.78, 5) is 16.6. The number of para-hydroxylation sites is 1. The van der Waals surface area contributed by atoms with Gasteiger partial charge in [-0.2, -0.15) is 13.2 Å². The van der Waals surface area contributed by atoms with Gasteiger partial charge >= 0.3 is 6.18 Å². The molecule has 1 atom stereocenters. The lowest BCUT2D eigenvalue weighted by Gasteiger charge is -2.43. The molecule has 0 bridgehead atoms. The molecule has 1 amide bonds. The zero-order chi connectivity index (χ0) is 27.6. The molecule has 5 nitrogen and oxygen atoms in total. The zero-order valence-electron chi connectivity index (χ0n) is 22.7. The Morgan fingerprint density at radius 1 is 1.03 bits per heavy atom. The standard InChI is InChI=1S/C30H32F4N2O2.H3N/c1-5-22-18-35(29(37)24-12-11-19(3)15-25(24)30(32,33)34)13-14-36(22)28-20(4)16-21(17-26(28)31)23-9-7-8-10-27(23)38-6-2;/h7-12,15-17,22H,5-6,13-14,18H2,1-4H3;1H3/t22-;/m1./s1. The van der Waals surface area contributed by atoms with E-state index >= 15 is 4.39 Å². The van der Waals surface area contributed by atoms with E-state index in [0.29, 0.717) is 42.1 Å². The summed E-state index contributed by atoms with van der Waals surface area (Å²) in [6, 6.07) is 14.4. The molecule has 4 rings (SSSR count). The lowest BCUT2D eigenvalue weighted by atomic mass is 9.98. The average Bonchev–Trinajstić information content (AvgIpc) is 2.88. The van der Waals surface area contributed by atoms with E-state index in [1.54, 1.807) is 6.92 Å². The van der Waals surface area contributed by atoms with Crippen molar-refractivity contribution < 1.29 is 27.1 Å². The zero-order valence-corrected chi connectivity index (χ0v) is 22.7. The van der Waals surface area contributed by atoms with Crippen LogP contribution in [0.1, 0.15) is 47.3 Å². The number of benzene rings is 3. The fraction of sp³-hybridized carbons (Fsp3) is 0.367. The average molecular weight is 546 g/mol. The van der Waals surface area contributed by atoms with E-state index in [9.17, 15) is 18.0 Å². The topological polar surface area (TPSA) is 67.8 Å². The van der Waals surface area contributed by atoms with E-state index in [1.165, 1.54) is 23.1 Å². The number of amides is 1. The number of anilines is 1. The van der Waals surface area contributed by atoms with Crippen molar-refractivity contribution in [3.8, 4) is 16.9 Å². The Morgan fingerprint density at radius 2 is 1.74 bits per heavy atom. The van der Waals surface area contributed by atoms with Crippen LogP contribution in [-0.4, -0.2) is 43.1 Å². The molecule has 1 heterocycles. The molecule has 0 radical (unpaired) electrons. The maximum absolute atomic E-state index is 15.7. The number of hydrogen-bond acceptors (Lipinski definition) is 4. The van der Waals surface area contributed by atoms with Gasteiger partial charge in [-0.05, 0) is 68.7 Å². The number of hydrogen-bond donors (Lipinski definition) is 1. The van der Waals surface area contributed by atoms with Gasteiger partial charge in [0.1, 0.15) is 11.6 Å². The maximum Gasteiger partial charge on any atom is 0.417 e. The fourth-order valence-electron chi connectivity index (χ4n) is 5.18. The van der Waals surface area contributed by atoms with Crippen molar-refractivity contribution in [1.29, 1.82) is 0 Å². The van der Waals surface area contributed by atoms with E-state index in [2.05, 4.69) is 0 Å². The lowest BCUT2D eigenvalue weighted by molar-refractivity contribution is -0.138. The summed E-state index contributed by atoms with van der Waals surface area (Å²) in [6.45, 7) is 8.42. The van der Waals surface area contributed by atoms with E-state index < -0.39 is 17.6 Å². The van der Waals surface area contributed by atoms with Crippen LogP contribution in [0.4, 0.5) is 23.2 Å². The van der Waals surface area contributed by atoms with Gasteiger partial charge in [-0.3, -0.25) is 4.79 Å². The van der Waals surface area contributed by atoms with Crippen LogP contribution >= 0.6 is 0 Å². The molecule has 1 fully saturated rings. The molecule has 210 valence electrons. The summed E-state index contributed by atoms with van der Waals surface area (Å²) in [7, 11) is 0. The largest absolute Gasteiger partial charge is 0.493 e. The lowest BCUT2D eigenvalue weighted by Crippen LogP contribution is -2.55. The highest BCUT2D eigenvalue weighted by Gasteiger charge is 2.38. The number of rotatable bonds is 6. The third-order valence-electron chi connectivity index (χ3n) is 6.99. The predicted octanol–water partition coefficient (Wildman–Crippen LogP) is 7.43. The van der Waals surface area contributed by atoms with Gasteiger partial charge in [0, 0.05) is 31.2 Å². The van der Waals surface area contributed by atoms with Crippen LogP contribution in [0.3, 0.4) is 0 Å². The van der Waals surface area contributed by atoms with E-state index in [4.69, 9.17) is 4.74 Å². The van der Waals surface area contributed by atoms with Crippen LogP contribution in [0, 0.1) is 19.7 Å². The fourth-order valence-corrected chi connectivity index (χ4v) is 5.18. The first-order valence-corrected chi connectivity index (χ1v) is 12.8. The van der Waals surface area contributed by atoms with Crippen molar-refractivity contribution in [2.45, 2.75) is 46.3 Å². The van der Waals surface area contributed by atoms with Gasteiger partial charge in [0.15, 0.2) is 0 Å². The molecule has 0 saturated carbocycles. The molecule has 3 aromatic carbocycles. The molecule has 1 aliphatic rings. The Bertz CT molecular complexity index is 1300. The second-order valence-corrected chi connectivity index (χ2v) is 9.61. The number of carbonyl (C=O) groups excluding carboxylic acids is 1. The Labute approximate surface area is 227 Å². The highest BCUT2D eigenvalue weighted by atomic mass is 19.4. The molecule has 9 heteroatoms. The van der Waals surface area contributed by atoms with Gasteiger partial charge in [0.05, 0.1) is 23.4 Å². The molecule has 0 spiro atoms. The Kier molecular flexibility index (Phi) is 9.27. The van der Waals surface area contributed by atoms with Crippen LogP contribution in [0.5, 0.6) is 5.75 Å². The number of aryl methyl sites for hydroxylation is 2. The van der Waals surface area contributed by atoms with Crippen molar-refractivity contribution in [3.05, 3.63) is 82.7 Å². The maximum atomic E-state index is 15.7. The third-order valence-corrected chi connectivity index (χ3v) is 6.99. The highest BCUT2D eigenvalue weighted by Crippen LogP contribution is 2.37. The molecular weight excluding hydrogens is 510 g/mol. The summed E-state index contributed by atoms with van der Waals surface area (Å²) in [5.41, 5.74) is 1.84. The molecule has 39 heavy (non-hydrogen) atoms. The summed E-state index contributed by atoms with van der Waals surface area (Å²) in [5.74, 6) is -0.368. The number of piperazine rings is 1. The van der Waals surface area contributed by atoms with E-state index in [1.807, 2.05) is 56.0 Å². The minimum absolute atomic E-state index is 0. The number of ether oxygens (including phenoxy) is 1. The molecule has 3 N–H and O–H groups in total. The monoisotopic (exact) mass is 545 g/mol. The second-order valence-electron chi connectivity index (χ2n) is 9.61. The normalized spacial score (nSPS) is 15.6. The van der Waals surface area contributed by atoms with E-state index in [0.717, 1.165) is 17.2 Å². The van der Waals surface area contributed by atoms with Crippen LogP contribution in [0.25, 0.3) is 11.1 Å². The summed E-state index contributed by atoms with van der Waals surface area (Å²) < 4.78 is 62.4. The first-order valence-electron chi connectivity index (χ1n) is 12.8. The molecule has 0 aliphatic carbocycles. The highest BCUT2D eigenvalue weighted by molar-refractivity contribution is 5.96.